The molecule has 6 aromatic carbocycles. The fourth-order valence-corrected chi connectivity index (χ4v) is 6.72. The average molecular weight is 679 g/mol. The van der Waals surface area contributed by atoms with Crippen LogP contribution in [0.3, 0.4) is 0 Å². The van der Waals surface area contributed by atoms with Crippen LogP contribution >= 0.6 is 0 Å². The molecule has 0 saturated carbocycles. The lowest BCUT2D eigenvalue weighted by Crippen LogP contribution is -2.23. The van der Waals surface area contributed by atoms with Crippen molar-refractivity contribution in [2.24, 2.45) is 0 Å². The van der Waals surface area contributed by atoms with Crippen LogP contribution in [-0.4, -0.2) is 23.1 Å². The van der Waals surface area contributed by atoms with E-state index < -0.39 is 0 Å². The number of hydrogen-bond acceptors (Lipinski definition) is 6. The molecule has 8 rings (SSSR count). The molecule has 0 radical (unpaired) electrons. The Hall–Kier alpha value is -6.92. The van der Waals surface area contributed by atoms with Crippen molar-refractivity contribution in [3.8, 4) is 0 Å². The number of ketones is 4. The summed E-state index contributed by atoms with van der Waals surface area (Å²) in [5, 5.41) is 6.86. The molecule has 2 aliphatic carbocycles. The molecule has 6 nitrogen and oxygen atoms in total. The lowest BCUT2D eigenvalue weighted by molar-refractivity contribution is 0.0979. The molecule has 0 bridgehead atoms. The van der Waals surface area contributed by atoms with Gasteiger partial charge in [0.15, 0.2) is 23.1 Å². The van der Waals surface area contributed by atoms with E-state index in [1.165, 1.54) is 0 Å². The molecule has 0 atom stereocenters. The first-order valence-electron chi connectivity index (χ1n) is 17.0. The molecule has 2 aliphatic rings. The summed E-state index contributed by atoms with van der Waals surface area (Å²) in [5.41, 5.74) is 8.65. The second-order valence-electron chi connectivity index (χ2n) is 12.4. The number of anilines is 4. The van der Waals surface area contributed by atoms with Gasteiger partial charge in [0.25, 0.3) is 0 Å². The van der Waals surface area contributed by atoms with Gasteiger partial charge in [0.2, 0.25) is 0 Å². The van der Waals surface area contributed by atoms with Crippen LogP contribution in [-0.2, 0) is 12.8 Å². The number of carbonyl (C=O) groups excluding carboxylic acids is 4. The average Bonchev–Trinajstić information content (AvgIpc) is 3.18. The Balaban J connectivity index is 0.000000217. The maximum absolute atomic E-state index is 13.8. The molecule has 6 aromatic rings. The van der Waals surface area contributed by atoms with Crippen LogP contribution in [0.1, 0.15) is 74.8 Å². The molecule has 52 heavy (non-hydrogen) atoms. The second kappa shape index (κ2) is 14.5. The lowest BCUT2D eigenvalue weighted by atomic mass is 9.82. The summed E-state index contributed by atoms with van der Waals surface area (Å²) in [6.45, 7) is 7.70. The largest absolute Gasteiger partial charge is 0.355 e. The van der Waals surface area contributed by atoms with Gasteiger partial charge in [0.1, 0.15) is 0 Å². The highest BCUT2D eigenvalue weighted by Crippen LogP contribution is 2.39. The molecule has 252 valence electrons. The summed E-state index contributed by atoms with van der Waals surface area (Å²) in [5.74, 6) is -0.476. The summed E-state index contributed by atoms with van der Waals surface area (Å²) in [6, 6.07) is 40.4. The van der Waals surface area contributed by atoms with Crippen LogP contribution < -0.4 is 10.6 Å². The summed E-state index contributed by atoms with van der Waals surface area (Å²) in [4.78, 5) is 51.8. The van der Waals surface area contributed by atoms with Gasteiger partial charge >= 0.3 is 0 Å². The van der Waals surface area contributed by atoms with Gasteiger partial charge in [-0.15, -0.1) is 13.2 Å². The van der Waals surface area contributed by atoms with Crippen molar-refractivity contribution >= 4 is 45.9 Å². The van der Waals surface area contributed by atoms with Crippen LogP contribution in [0.5, 0.6) is 0 Å². The van der Waals surface area contributed by atoms with Crippen LogP contribution in [0.25, 0.3) is 0 Å². The van der Waals surface area contributed by atoms with Crippen LogP contribution in [0, 0.1) is 0 Å². The standard InChI is InChI=1S/C32H26N2O2.C14H8O2/c1-3-11-21-13-5-9-17-25(21)33-27-19-20-28(34-26-18-10-6-14-22(26)12-4-2)30-29(27)31(35)23-15-7-8-16-24(23)32(30)36;15-13-9-5-1-2-6-10(9)14(16)12-8-4-3-7-11(12)13/h3-10,13-20,33-34H,1-2,11-12H2;1-8H. The number of carbonyl (C=O) groups is 4. The van der Waals surface area contributed by atoms with Crippen molar-refractivity contribution in [3.05, 3.63) is 214 Å². The Morgan fingerprint density at radius 1 is 0.365 bits per heavy atom. The topological polar surface area (TPSA) is 92.3 Å². The van der Waals surface area contributed by atoms with Gasteiger partial charge in [-0.3, -0.25) is 19.2 Å². The maximum atomic E-state index is 13.8. The Morgan fingerprint density at radius 2 is 0.654 bits per heavy atom. The quantitative estimate of drug-likeness (QED) is 0.156. The number of hydrogen-bond donors (Lipinski definition) is 2. The number of benzene rings is 6. The molecule has 0 fully saturated rings. The lowest BCUT2D eigenvalue weighted by Gasteiger charge is -2.25. The molecule has 0 heterocycles. The predicted octanol–water partition coefficient (Wildman–Crippen LogP) is 9.87. The predicted molar refractivity (Wildman–Crippen MR) is 207 cm³/mol. The molecule has 0 spiro atoms. The van der Waals surface area contributed by atoms with Crippen LogP contribution in [0.15, 0.2) is 159 Å². The van der Waals surface area contributed by atoms with E-state index in [1.807, 2.05) is 72.8 Å². The molecule has 0 saturated heterocycles. The zero-order valence-corrected chi connectivity index (χ0v) is 28.3. The number of rotatable bonds is 8. The number of nitrogens with one attached hydrogen (secondary N) is 2. The zero-order valence-electron chi connectivity index (χ0n) is 28.3. The second-order valence-corrected chi connectivity index (χ2v) is 12.4. The van der Waals surface area contributed by atoms with Crippen molar-refractivity contribution in [3.63, 3.8) is 0 Å². The van der Waals surface area contributed by atoms with Crippen molar-refractivity contribution in [2.75, 3.05) is 10.6 Å². The monoisotopic (exact) mass is 678 g/mol. The molecular weight excluding hydrogens is 645 g/mol. The number of fused-ring (bicyclic) bond motifs is 4. The Kier molecular flexibility index (Phi) is 9.37. The summed E-state index contributed by atoms with van der Waals surface area (Å²) >= 11 is 0. The van der Waals surface area contributed by atoms with Gasteiger partial charge in [-0.05, 0) is 48.2 Å². The first-order valence-corrected chi connectivity index (χ1v) is 17.0. The zero-order chi connectivity index (χ0) is 36.2. The molecule has 0 amide bonds. The Bertz CT molecular complexity index is 2220. The first-order chi connectivity index (χ1) is 25.4. The molecule has 6 heteroatoms. The van der Waals surface area contributed by atoms with E-state index in [1.54, 1.807) is 72.8 Å². The Labute approximate surface area is 302 Å². The number of allylic oxidation sites excluding steroid dienone is 2. The number of para-hydroxylation sites is 2. The fraction of sp³-hybridized carbons (Fsp3) is 0.0435. The van der Waals surface area contributed by atoms with Crippen LogP contribution in [0.2, 0.25) is 0 Å². The SMILES string of the molecule is C=CCc1ccccc1Nc1ccc(Nc2ccccc2CC=C)c2c1C(=O)c1ccccc1C2=O.O=C1c2ccccc2C(=O)c2ccccc21. The summed E-state index contributed by atoms with van der Waals surface area (Å²) in [6.07, 6.45) is 5.05. The molecule has 0 unspecified atom stereocenters. The van der Waals surface area contributed by atoms with Gasteiger partial charge < -0.3 is 10.6 Å². The smallest absolute Gasteiger partial charge is 0.196 e. The van der Waals surface area contributed by atoms with Crippen molar-refractivity contribution in [1.29, 1.82) is 0 Å². The minimum absolute atomic E-state index is 0.0641. The molecule has 0 aromatic heterocycles. The fourth-order valence-electron chi connectivity index (χ4n) is 6.72. The van der Waals surface area contributed by atoms with E-state index in [2.05, 4.69) is 23.8 Å². The third kappa shape index (κ3) is 6.18. The highest BCUT2D eigenvalue weighted by molar-refractivity contribution is 6.32. The van der Waals surface area contributed by atoms with Crippen molar-refractivity contribution < 1.29 is 19.2 Å². The highest BCUT2D eigenvalue weighted by Gasteiger charge is 2.34. The third-order valence-corrected chi connectivity index (χ3v) is 9.21. The van der Waals surface area contributed by atoms with Gasteiger partial charge in [0.05, 0.1) is 22.5 Å². The van der Waals surface area contributed by atoms with E-state index in [0.717, 1.165) is 22.5 Å². The van der Waals surface area contributed by atoms with Crippen molar-refractivity contribution in [1.82, 2.24) is 0 Å². The van der Waals surface area contributed by atoms with E-state index in [4.69, 9.17) is 0 Å². The van der Waals surface area contributed by atoms with E-state index in [-0.39, 0.29) is 23.1 Å². The molecular formula is C46H34N2O4. The third-order valence-electron chi connectivity index (χ3n) is 9.21. The van der Waals surface area contributed by atoms with Gasteiger partial charge in [0, 0.05) is 44.8 Å². The minimum atomic E-state index is -0.174. The normalized spacial score (nSPS) is 12.3. The van der Waals surface area contributed by atoms with E-state index in [0.29, 0.717) is 68.7 Å². The van der Waals surface area contributed by atoms with Crippen molar-refractivity contribution in [2.45, 2.75) is 12.8 Å². The van der Waals surface area contributed by atoms with Gasteiger partial charge in [-0.1, -0.05) is 121 Å². The van der Waals surface area contributed by atoms with Gasteiger partial charge in [-0.25, -0.2) is 0 Å². The summed E-state index contributed by atoms with van der Waals surface area (Å²) < 4.78 is 0. The minimum Gasteiger partial charge on any atom is -0.355 e. The maximum Gasteiger partial charge on any atom is 0.196 e. The first kappa shape index (κ1) is 33.6. The van der Waals surface area contributed by atoms with E-state index in [9.17, 15) is 19.2 Å². The van der Waals surface area contributed by atoms with Gasteiger partial charge in [-0.2, -0.15) is 0 Å². The molecule has 2 N–H and O–H groups in total. The highest BCUT2D eigenvalue weighted by atomic mass is 16.1. The van der Waals surface area contributed by atoms with E-state index >= 15 is 0 Å². The van der Waals surface area contributed by atoms with Crippen LogP contribution in [0.4, 0.5) is 22.7 Å². The Morgan fingerprint density at radius 3 is 0.981 bits per heavy atom. The summed E-state index contributed by atoms with van der Waals surface area (Å²) in [7, 11) is 0. The molecule has 0 aliphatic heterocycles.